The molecule has 0 amide bonds. The van der Waals surface area contributed by atoms with Crippen molar-refractivity contribution in [1.82, 2.24) is 0 Å². The van der Waals surface area contributed by atoms with Crippen LogP contribution in [0.5, 0.6) is 0 Å². The molecule has 0 fully saturated rings. The van der Waals surface area contributed by atoms with E-state index in [4.69, 9.17) is 10.5 Å². The molecule has 7 aromatic carbocycles. The van der Waals surface area contributed by atoms with Gasteiger partial charge in [0.15, 0.2) is 0 Å². The number of carbonyl (C=O) groups excluding carboxylic acids is 1. The van der Waals surface area contributed by atoms with Crippen molar-refractivity contribution in [2.45, 2.75) is 0 Å². The van der Waals surface area contributed by atoms with Crippen molar-refractivity contribution >= 4 is 76.3 Å². The highest BCUT2D eigenvalue weighted by Crippen LogP contribution is 2.41. The van der Waals surface area contributed by atoms with Gasteiger partial charge >= 0.3 is 5.97 Å². The number of anilines is 1. The van der Waals surface area contributed by atoms with Crippen LogP contribution in [0, 0.1) is 0 Å². The summed E-state index contributed by atoms with van der Waals surface area (Å²) in [5, 5.41) is 13.8. The number of hydrogen-bond acceptors (Lipinski definition) is 3. The Bertz CT molecular complexity index is 2000. The van der Waals surface area contributed by atoms with Crippen LogP contribution in [0.25, 0.3) is 64.6 Å². The monoisotopic (exact) mass is 451 g/mol. The van der Waals surface area contributed by atoms with Gasteiger partial charge < -0.3 is 10.5 Å². The fourth-order valence-electron chi connectivity index (χ4n) is 5.58. The predicted octanol–water partition coefficient (Wildman–Crippen LogP) is 7.97. The Morgan fingerprint density at radius 2 is 0.943 bits per heavy atom. The van der Waals surface area contributed by atoms with Crippen molar-refractivity contribution in [3.8, 4) is 0 Å². The fraction of sp³-hybridized carbons (Fsp3) is 0.0312. The first-order valence-electron chi connectivity index (χ1n) is 11.6. The third-order valence-electron chi connectivity index (χ3n) is 7.21. The molecule has 0 saturated carbocycles. The first kappa shape index (κ1) is 19.8. The minimum Gasteiger partial charge on any atom is -0.465 e. The molecular formula is C32H21NO2. The lowest BCUT2D eigenvalue weighted by Gasteiger charge is -2.15. The zero-order valence-electron chi connectivity index (χ0n) is 19.1. The molecule has 7 rings (SSSR count). The Morgan fingerprint density at radius 1 is 0.543 bits per heavy atom. The lowest BCUT2D eigenvalue weighted by molar-refractivity contribution is 0.0601. The first-order chi connectivity index (χ1) is 17.1. The Morgan fingerprint density at radius 3 is 1.46 bits per heavy atom. The highest BCUT2D eigenvalue weighted by molar-refractivity contribution is 6.35. The topological polar surface area (TPSA) is 52.3 Å². The smallest absolute Gasteiger partial charge is 0.337 e. The van der Waals surface area contributed by atoms with Crippen LogP contribution in [0.3, 0.4) is 0 Å². The molecule has 0 unspecified atom stereocenters. The van der Waals surface area contributed by atoms with Crippen LogP contribution < -0.4 is 5.73 Å². The van der Waals surface area contributed by atoms with Gasteiger partial charge in [-0.3, -0.25) is 0 Å². The second kappa shape index (κ2) is 7.18. The number of methoxy groups -OCH3 is 1. The summed E-state index contributed by atoms with van der Waals surface area (Å²) in [4.78, 5) is 12.4. The number of nitrogens with two attached hydrogens (primary N) is 1. The molecule has 0 aromatic heterocycles. The van der Waals surface area contributed by atoms with E-state index >= 15 is 0 Å². The van der Waals surface area contributed by atoms with E-state index in [1.807, 2.05) is 24.3 Å². The van der Waals surface area contributed by atoms with Gasteiger partial charge in [0.1, 0.15) is 0 Å². The molecule has 0 atom stereocenters. The third-order valence-corrected chi connectivity index (χ3v) is 7.21. The van der Waals surface area contributed by atoms with E-state index < -0.39 is 0 Å². The number of fused-ring (bicyclic) bond motifs is 11. The maximum absolute atomic E-state index is 12.4. The van der Waals surface area contributed by atoms with Crippen LogP contribution in [-0.2, 0) is 4.74 Å². The molecule has 0 aliphatic heterocycles. The van der Waals surface area contributed by atoms with Gasteiger partial charge in [0.25, 0.3) is 0 Å². The van der Waals surface area contributed by atoms with E-state index in [1.165, 1.54) is 34.0 Å². The van der Waals surface area contributed by atoms with Crippen molar-refractivity contribution < 1.29 is 9.53 Å². The van der Waals surface area contributed by atoms with Gasteiger partial charge in [-0.2, -0.15) is 0 Å². The van der Waals surface area contributed by atoms with Gasteiger partial charge in [-0.25, -0.2) is 4.79 Å². The molecule has 166 valence electrons. The molecule has 0 saturated heterocycles. The molecule has 0 aliphatic rings. The summed E-state index contributed by atoms with van der Waals surface area (Å²) in [6, 6.07) is 33.6. The summed E-state index contributed by atoms with van der Waals surface area (Å²) in [5.41, 5.74) is 7.55. The van der Waals surface area contributed by atoms with E-state index in [2.05, 4.69) is 72.8 Å². The molecule has 0 aliphatic carbocycles. The van der Waals surface area contributed by atoms with Crippen molar-refractivity contribution in [2.24, 2.45) is 0 Å². The summed E-state index contributed by atoms with van der Waals surface area (Å²) in [5.74, 6) is -0.332. The largest absolute Gasteiger partial charge is 0.465 e. The Kier molecular flexibility index (Phi) is 4.06. The molecule has 2 N–H and O–H groups in total. The number of ether oxygens (including phenoxy) is 1. The quantitative estimate of drug-likeness (QED) is 0.156. The first-order valence-corrected chi connectivity index (χ1v) is 11.6. The Labute approximate surface area is 201 Å². The zero-order valence-corrected chi connectivity index (χ0v) is 19.1. The van der Waals surface area contributed by atoms with Crippen molar-refractivity contribution in [3.63, 3.8) is 0 Å². The molecule has 0 radical (unpaired) electrons. The summed E-state index contributed by atoms with van der Waals surface area (Å²) < 4.78 is 5.02. The van der Waals surface area contributed by atoms with Gasteiger partial charge in [-0.15, -0.1) is 0 Å². The van der Waals surface area contributed by atoms with Gasteiger partial charge in [-0.1, -0.05) is 72.8 Å². The number of rotatable bonds is 1. The summed E-state index contributed by atoms with van der Waals surface area (Å²) in [7, 11) is 1.42. The van der Waals surface area contributed by atoms with E-state index in [1.54, 1.807) is 0 Å². The minimum absolute atomic E-state index is 0.332. The zero-order chi connectivity index (χ0) is 23.7. The molecule has 0 heterocycles. The maximum atomic E-state index is 12.4. The van der Waals surface area contributed by atoms with Crippen LogP contribution in [0.1, 0.15) is 10.4 Å². The average molecular weight is 452 g/mol. The number of nitrogen functional groups attached to an aromatic ring is 1. The van der Waals surface area contributed by atoms with E-state index in [-0.39, 0.29) is 5.97 Å². The summed E-state index contributed by atoms with van der Waals surface area (Å²) in [6.45, 7) is 0. The van der Waals surface area contributed by atoms with Crippen LogP contribution >= 0.6 is 0 Å². The molecule has 35 heavy (non-hydrogen) atoms. The van der Waals surface area contributed by atoms with E-state index in [0.29, 0.717) is 5.56 Å². The number of hydrogen-bond donors (Lipinski definition) is 1. The van der Waals surface area contributed by atoms with Gasteiger partial charge in [-0.05, 0) is 88.9 Å². The number of benzene rings is 7. The second-order valence-corrected chi connectivity index (χ2v) is 9.13. The van der Waals surface area contributed by atoms with E-state index in [9.17, 15) is 4.79 Å². The molecule has 0 spiro atoms. The molecule has 0 bridgehead atoms. The van der Waals surface area contributed by atoms with Crippen molar-refractivity contribution in [2.75, 3.05) is 12.8 Å². The standard InChI is InChI=1S/C32H21NO2/c1-35-32(34)24-13-4-18-2-5-20-7-9-22-11-12-23-10-8-21-6-3-19-14-15-25(33)17-27(19)29(21)31(23)30(22)28(20)26(18)16-24/h2-17H,33H2,1H3. The van der Waals surface area contributed by atoms with Crippen LogP contribution in [0.4, 0.5) is 5.69 Å². The minimum atomic E-state index is -0.332. The second-order valence-electron chi connectivity index (χ2n) is 9.13. The average Bonchev–Trinajstić information content (AvgIpc) is 2.90. The van der Waals surface area contributed by atoms with Gasteiger partial charge in [0.05, 0.1) is 12.7 Å². The predicted molar refractivity (Wildman–Crippen MR) is 147 cm³/mol. The number of carbonyl (C=O) groups is 1. The van der Waals surface area contributed by atoms with Gasteiger partial charge in [0.2, 0.25) is 0 Å². The fourth-order valence-corrected chi connectivity index (χ4v) is 5.58. The summed E-state index contributed by atoms with van der Waals surface area (Å²) in [6.07, 6.45) is 0. The Balaban J connectivity index is 1.80. The Hall–Kier alpha value is -4.63. The van der Waals surface area contributed by atoms with Crippen molar-refractivity contribution in [3.05, 3.63) is 103 Å². The molecule has 3 heteroatoms. The van der Waals surface area contributed by atoms with E-state index in [0.717, 1.165) is 43.4 Å². The molecule has 3 nitrogen and oxygen atoms in total. The number of esters is 1. The normalized spacial score (nSPS) is 11.8. The van der Waals surface area contributed by atoms with Crippen LogP contribution in [-0.4, -0.2) is 13.1 Å². The molecular weight excluding hydrogens is 430 g/mol. The van der Waals surface area contributed by atoms with Crippen LogP contribution in [0.2, 0.25) is 0 Å². The van der Waals surface area contributed by atoms with Crippen molar-refractivity contribution in [1.29, 1.82) is 0 Å². The van der Waals surface area contributed by atoms with Gasteiger partial charge in [0, 0.05) is 5.69 Å². The lowest BCUT2D eigenvalue weighted by atomic mass is 9.89. The SMILES string of the molecule is COC(=O)c1ccc2ccc3ccc4ccc5ccc6ccc7ccc(N)cc7c6c5c4c3c2c1. The van der Waals surface area contributed by atoms with Crippen LogP contribution in [0.15, 0.2) is 97.1 Å². The summed E-state index contributed by atoms with van der Waals surface area (Å²) >= 11 is 0. The highest BCUT2D eigenvalue weighted by Gasteiger charge is 2.15. The highest BCUT2D eigenvalue weighted by atomic mass is 16.5. The lowest BCUT2D eigenvalue weighted by Crippen LogP contribution is -2.00. The third kappa shape index (κ3) is 2.82. The maximum Gasteiger partial charge on any atom is 0.337 e. The molecule has 7 aromatic rings.